The first kappa shape index (κ1) is 9.72. The first-order chi connectivity index (χ1) is 6.54. The largest absolute Gasteiger partial charge is 0.366 e. The van der Waals surface area contributed by atoms with E-state index in [0.29, 0.717) is 5.92 Å². The van der Waals surface area contributed by atoms with Gasteiger partial charge in [-0.3, -0.25) is 0 Å². The lowest BCUT2D eigenvalue weighted by Crippen LogP contribution is -2.27. The van der Waals surface area contributed by atoms with Crippen molar-refractivity contribution in [3.8, 4) is 0 Å². The highest BCUT2D eigenvalue weighted by Crippen LogP contribution is 2.41. The van der Waals surface area contributed by atoms with Crippen molar-refractivity contribution in [1.82, 2.24) is 0 Å². The zero-order valence-electron chi connectivity index (χ0n) is 9.42. The molecule has 1 heteroatoms. The molecule has 1 nitrogen and oxygen atoms in total. The lowest BCUT2D eigenvalue weighted by Gasteiger charge is -2.29. The fourth-order valence-corrected chi connectivity index (χ4v) is 2.11. The molecule has 0 saturated carbocycles. The van der Waals surface area contributed by atoms with Gasteiger partial charge in [0.1, 0.15) is 0 Å². The number of aryl methyl sites for hydroxylation is 1. The van der Waals surface area contributed by atoms with Crippen molar-refractivity contribution in [2.75, 3.05) is 0 Å². The summed E-state index contributed by atoms with van der Waals surface area (Å²) in [6.07, 6.45) is 0. The Labute approximate surface area is 86.1 Å². The van der Waals surface area contributed by atoms with Gasteiger partial charge in [0.2, 0.25) is 0 Å². The summed E-state index contributed by atoms with van der Waals surface area (Å²) in [6.45, 7) is 9.53. The molecule has 1 heterocycles. The Morgan fingerprint density at radius 2 is 2.07 bits per heavy atom. The SMILES string of the molecule is Cc1ccc2c(c1)COC2(C)C(C)C. The van der Waals surface area contributed by atoms with E-state index in [-0.39, 0.29) is 5.60 Å². The van der Waals surface area contributed by atoms with E-state index < -0.39 is 0 Å². The smallest absolute Gasteiger partial charge is 0.0934 e. The van der Waals surface area contributed by atoms with Crippen LogP contribution in [0, 0.1) is 12.8 Å². The van der Waals surface area contributed by atoms with E-state index in [1.165, 1.54) is 16.7 Å². The number of benzene rings is 1. The summed E-state index contributed by atoms with van der Waals surface area (Å²) in [5, 5.41) is 0. The van der Waals surface area contributed by atoms with Crippen LogP contribution in [0.4, 0.5) is 0 Å². The molecule has 0 aromatic heterocycles. The predicted octanol–water partition coefficient (Wildman–Crippen LogP) is 3.40. The molecule has 76 valence electrons. The molecule has 1 aromatic rings. The van der Waals surface area contributed by atoms with Crippen molar-refractivity contribution >= 4 is 0 Å². The van der Waals surface area contributed by atoms with Crippen LogP contribution in [-0.4, -0.2) is 0 Å². The molecular formula is C13H18O. The molecule has 1 unspecified atom stereocenters. The molecule has 0 radical (unpaired) electrons. The lowest BCUT2D eigenvalue weighted by atomic mass is 9.84. The normalized spacial score (nSPS) is 25.5. The fraction of sp³-hybridized carbons (Fsp3) is 0.538. The van der Waals surface area contributed by atoms with E-state index in [2.05, 4.69) is 45.9 Å². The summed E-state index contributed by atoms with van der Waals surface area (Å²) >= 11 is 0. The van der Waals surface area contributed by atoms with Gasteiger partial charge in [-0.1, -0.05) is 37.6 Å². The van der Waals surface area contributed by atoms with Gasteiger partial charge >= 0.3 is 0 Å². The summed E-state index contributed by atoms with van der Waals surface area (Å²) in [4.78, 5) is 0. The first-order valence-corrected chi connectivity index (χ1v) is 5.28. The Bertz CT molecular complexity index is 354. The summed E-state index contributed by atoms with van der Waals surface area (Å²) in [5.74, 6) is 0.520. The molecule has 1 aliphatic rings. The van der Waals surface area contributed by atoms with Crippen LogP contribution in [-0.2, 0) is 16.9 Å². The Kier molecular flexibility index (Phi) is 2.15. The Balaban J connectivity index is 2.49. The van der Waals surface area contributed by atoms with Gasteiger partial charge in [-0.25, -0.2) is 0 Å². The van der Waals surface area contributed by atoms with Crippen LogP contribution >= 0.6 is 0 Å². The number of ether oxygens (including phenoxy) is 1. The summed E-state index contributed by atoms with van der Waals surface area (Å²) in [7, 11) is 0. The highest BCUT2D eigenvalue weighted by Gasteiger charge is 2.37. The van der Waals surface area contributed by atoms with Crippen molar-refractivity contribution < 1.29 is 4.74 Å². The lowest BCUT2D eigenvalue weighted by molar-refractivity contribution is -0.0576. The third-order valence-corrected chi connectivity index (χ3v) is 3.42. The number of fused-ring (bicyclic) bond motifs is 1. The quantitative estimate of drug-likeness (QED) is 0.659. The maximum Gasteiger partial charge on any atom is 0.0934 e. The van der Waals surface area contributed by atoms with Crippen molar-refractivity contribution in [3.05, 3.63) is 34.9 Å². The molecule has 0 saturated heterocycles. The van der Waals surface area contributed by atoms with E-state index in [9.17, 15) is 0 Å². The molecule has 0 fully saturated rings. The third-order valence-electron chi connectivity index (χ3n) is 3.42. The van der Waals surface area contributed by atoms with Crippen molar-refractivity contribution in [3.63, 3.8) is 0 Å². The third kappa shape index (κ3) is 1.27. The van der Waals surface area contributed by atoms with Gasteiger partial charge in [0.25, 0.3) is 0 Å². The average Bonchev–Trinajstić information content (AvgIpc) is 2.45. The van der Waals surface area contributed by atoms with Crippen LogP contribution in [0.25, 0.3) is 0 Å². The Morgan fingerprint density at radius 1 is 1.36 bits per heavy atom. The van der Waals surface area contributed by atoms with Crippen molar-refractivity contribution in [1.29, 1.82) is 0 Å². The molecule has 1 aromatic carbocycles. The molecule has 1 aliphatic heterocycles. The van der Waals surface area contributed by atoms with E-state index in [1.807, 2.05) is 0 Å². The molecule has 1 atom stereocenters. The van der Waals surface area contributed by atoms with E-state index in [1.54, 1.807) is 0 Å². The minimum Gasteiger partial charge on any atom is -0.366 e. The minimum absolute atomic E-state index is 0.0803. The number of hydrogen-bond acceptors (Lipinski definition) is 1. The fourth-order valence-electron chi connectivity index (χ4n) is 2.11. The van der Waals surface area contributed by atoms with Gasteiger partial charge < -0.3 is 4.74 Å². The van der Waals surface area contributed by atoms with Crippen LogP contribution in [0.3, 0.4) is 0 Å². The summed E-state index contributed by atoms with van der Waals surface area (Å²) in [6, 6.07) is 6.63. The van der Waals surface area contributed by atoms with Crippen LogP contribution in [0.2, 0.25) is 0 Å². The highest BCUT2D eigenvalue weighted by atomic mass is 16.5. The summed E-state index contributed by atoms with van der Waals surface area (Å²) < 4.78 is 5.93. The monoisotopic (exact) mass is 190 g/mol. The van der Waals surface area contributed by atoms with Gasteiger partial charge in [0, 0.05) is 0 Å². The van der Waals surface area contributed by atoms with Gasteiger partial charge in [-0.15, -0.1) is 0 Å². The van der Waals surface area contributed by atoms with Crippen LogP contribution in [0.5, 0.6) is 0 Å². The van der Waals surface area contributed by atoms with Crippen LogP contribution in [0.1, 0.15) is 37.5 Å². The van der Waals surface area contributed by atoms with E-state index in [4.69, 9.17) is 4.74 Å². The Hall–Kier alpha value is -0.820. The number of rotatable bonds is 1. The molecule has 0 bridgehead atoms. The molecule has 0 aliphatic carbocycles. The van der Waals surface area contributed by atoms with E-state index >= 15 is 0 Å². The average molecular weight is 190 g/mol. The van der Waals surface area contributed by atoms with Crippen LogP contribution in [0.15, 0.2) is 18.2 Å². The van der Waals surface area contributed by atoms with Crippen LogP contribution < -0.4 is 0 Å². The standard InChI is InChI=1S/C13H18O/c1-9(2)13(4)12-6-5-10(3)7-11(12)8-14-13/h5-7,9H,8H2,1-4H3. The second-order valence-electron chi connectivity index (χ2n) is 4.71. The topological polar surface area (TPSA) is 9.23 Å². The van der Waals surface area contributed by atoms with Gasteiger partial charge in [-0.05, 0) is 30.9 Å². The minimum atomic E-state index is -0.0803. The number of hydrogen-bond donors (Lipinski definition) is 0. The molecule has 2 rings (SSSR count). The van der Waals surface area contributed by atoms with Gasteiger partial charge in [-0.2, -0.15) is 0 Å². The molecular weight excluding hydrogens is 172 g/mol. The second-order valence-corrected chi connectivity index (χ2v) is 4.71. The van der Waals surface area contributed by atoms with Crippen molar-refractivity contribution in [2.24, 2.45) is 5.92 Å². The molecule has 14 heavy (non-hydrogen) atoms. The zero-order chi connectivity index (χ0) is 10.3. The second kappa shape index (κ2) is 3.09. The molecule has 0 N–H and O–H groups in total. The Morgan fingerprint density at radius 3 is 2.71 bits per heavy atom. The van der Waals surface area contributed by atoms with E-state index in [0.717, 1.165) is 6.61 Å². The maximum absolute atomic E-state index is 5.93. The van der Waals surface area contributed by atoms with Gasteiger partial charge in [0.15, 0.2) is 0 Å². The zero-order valence-corrected chi connectivity index (χ0v) is 9.42. The molecule has 0 spiro atoms. The first-order valence-electron chi connectivity index (χ1n) is 5.28. The molecule has 0 amide bonds. The van der Waals surface area contributed by atoms with Gasteiger partial charge in [0.05, 0.1) is 12.2 Å². The highest BCUT2D eigenvalue weighted by molar-refractivity contribution is 5.38. The predicted molar refractivity (Wildman–Crippen MR) is 58.2 cm³/mol. The maximum atomic E-state index is 5.93. The summed E-state index contributed by atoms with van der Waals surface area (Å²) in [5.41, 5.74) is 3.97. The van der Waals surface area contributed by atoms with Crippen molar-refractivity contribution in [2.45, 2.75) is 39.9 Å².